The standard InChI is InChI=1S/C12H12BrFN2O3/c1-16-10-5-6(13)4-8(14)7(10)2-3-9(11(16)17)15-12(18)19/h4-5,9,15H,2-3H2,1H3,(H,18,19)/t9-/m0/s1. The fraction of sp³-hybridized carbons (Fsp3) is 0.333. The predicted molar refractivity (Wildman–Crippen MR) is 70.8 cm³/mol. The van der Waals surface area contributed by atoms with E-state index in [2.05, 4.69) is 21.2 Å². The van der Waals surface area contributed by atoms with Crippen LogP contribution >= 0.6 is 15.9 Å². The highest BCUT2D eigenvalue weighted by atomic mass is 79.9. The number of fused-ring (bicyclic) bond motifs is 1. The van der Waals surface area contributed by atoms with Crippen LogP contribution in [-0.2, 0) is 11.2 Å². The van der Waals surface area contributed by atoms with Crippen LogP contribution in [0.15, 0.2) is 16.6 Å². The second kappa shape index (κ2) is 5.16. The van der Waals surface area contributed by atoms with Crippen LogP contribution in [0, 0.1) is 5.82 Å². The maximum atomic E-state index is 13.9. The number of carbonyl (C=O) groups is 2. The molecule has 0 aromatic heterocycles. The SMILES string of the molecule is CN1C(=O)[C@@H](NC(=O)O)CCc2c(F)cc(Br)cc21. The minimum absolute atomic E-state index is 0.237. The van der Waals surface area contributed by atoms with Crippen molar-refractivity contribution in [3.05, 3.63) is 28.0 Å². The molecule has 0 radical (unpaired) electrons. The van der Waals surface area contributed by atoms with E-state index >= 15 is 0 Å². The molecule has 0 spiro atoms. The van der Waals surface area contributed by atoms with Crippen LogP contribution in [0.2, 0.25) is 0 Å². The van der Waals surface area contributed by atoms with Crippen LogP contribution in [0.1, 0.15) is 12.0 Å². The molecule has 0 unspecified atom stereocenters. The van der Waals surface area contributed by atoms with Crippen molar-refractivity contribution in [3.8, 4) is 0 Å². The molecule has 0 fully saturated rings. The van der Waals surface area contributed by atoms with E-state index in [1.807, 2.05) is 0 Å². The number of rotatable bonds is 1. The molecule has 0 aliphatic carbocycles. The van der Waals surface area contributed by atoms with Gasteiger partial charge in [-0.1, -0.05) is 15.9 Å². The molecule has 2 N–H and O–H groups in total. The molecule has 0 bridgehead atoms. The first-order valence-corrected chi connectivity index (χ1v) is 6.44. The fourth-order valence-corrected chi connectivity index (χ4v) is 2.60. The van der Waals surface area contributed by atoms with Crippen LogP contribution in [0.25, 0.3) is 0 Å². The monoisotopic (exact) mass is 330 g/mol. The van der Waals surface area contributed by atoms with Crippen molar-refractivity contribution in [1.82, 2.24) is 5.32 Å². The highest BCUT2D eigenvalue weighted by Crippen LogP contribution is 2.31. The van der Waals surface area contributed by atoms with Crippen molar-refractivity contribution >= 4 is 33.6 Å². The average molecular weight is 331 g/mol. The summed E-state index contributed by atoms with van der Waals surface area (Å²) in [5.41, 5.74) is 0.889. The number of carbonyl (C=O) groups excluding carboxylic acids is 1. The third kappa shape index (κ3) is 2.70. The maximum Gasteiger partial charge on any atom is 0.405 e. The lowest BCUT2D eigenvalue weighted by Crippen LogP contribution is -2.46. The summed E-state index contributed by atoms with van der Waals surface area (Å²) in [7, 11) is 1.51. The van der Waals surface area contributed by atoms with Crippen LogP contribution < -0.4 is 10.2 Å². The van der Waals surface area contributed by atoms with E-state index < -0.39 is 23.9 Å². The second-order valence-electron chi connectivity index (χ2n) is 4.32. The lowest BCUT2D eigenvalue weighted by atomic mass is 10.1. The number of halogens is 2. The van der Waals surface area contributed by atoms with E-state index in [0.717, 1.165) is 0 Å². The fourth-order valence-electron chi connectivity index (χ4n) is 2.18. The summed E-state index contributed by atoms with van der Waals surface area (Å²) in [5.74, 6) is -0.793. The number of hydrogen-bond acceptors (Lipinski definition) is 2. The molecule has 5 nitrogen and oxygen atoms in total. The molecule has 1 aliphatic rings. The van der Waals surface area contributed by atoms with Gasteiger partial charge in [0.25, 0.3) is 0 Å². The average Bonchev–Trinajstić information content (AvgIpc) is 2.42. The predicted octanol–water partition coefficient (Wildman–Crippen LogP) is 2.13. The van der Waals surface area contributed by atoms with Crippen molar-refractivity contribution in [2.75, 3.05) is 11.9 Å². The molecule has 1 aliphatic heterocycles. The third-order valence-corrected chi connectivity index (χ3v) is 3.57. The Hall–Kier alpha value is -1.63. The number of amides is 2. The van der Waals surface area contributed by atoms with Gasteiger partial charge in [-0.15, -0.1) is 0 Å². The van der Waals surface area contributed by atoms with Gasteiger partial charge in [0, 0.05) is 17.1 Å². The van der Waals surface area contributed by atoms with Gasteiger partial charge < -0.3 is 15.3 Å². The molecule has 2 rings (SSSR count). The normalized spacial score (nSPS) is 18.8. The Kier molecular flexibility index (Phi) is 3.75. The second-order valence-corrected chi connectivity index (χ2v) is 5.24. The van der Waals surface area contributed by atoms with Crippen molar-refractivity contribution < 1.29 is 19.1 Å². The molecule has 2 amide bonds. The Labute approximate surface area is 117 Å². The van der Waals surface area contributed by atoms with Gasteiger partial charge in [-0.25, -0.2) is 9.18 Å². The van der Waals surface area contributed by atoms with Crippen LogP contribution in [0.4, 0.5) is 14.9 Å². The van der Waals surface area contributed by atoms with Crippen molar-refractivity contribution in [2.24, 2.45) is 0 Å². The molecule has 1 heterocycles. The number of likely N-dealkylation sites (N-methyl/N-ethyl adjacent to an activating group) is 1. The highest BCUT2D eigenvalue weighted by molar-refractivity contribution is 9.10. The number of nitrogens with zero attached hydrogens (tertiary/aromatic N) is 1. The summed E-state index contributed by atoms with van der Waals surface area (Å²) in [6.45, 7) is 0. The lowest BCUT2D eigenvalue weighted by Gasteiger charge is -2.21. The summed E-state index contributed by atoms with van der Waals surface area (Å²) in [6, 6.07) is 2.13. The Morgan fingerprint density at radius 1 is 1.58 bits per heavy atom. The molecule has 1 aromatic carbocycles. The number of anilines is 1. The number of hydrogen-bond donors (Lipinski definition) is 2. The minimum atomic E-state index is -1.26. The summed E-state index contributed by atoms with van der Waals surface area (Å²) < 4.78 is 14.4. The Balaban J connectivity index is 2.41. The van der Waals surface area contributed by atoms with Gasteiger partial charge >= 0.3 is 6.09 Å². The summed E-state index contributed by atoms with van der Waals surface area (Å²) in [5, 5.41) is 10.9. The van der Waals surface area contributed by atoms with Crippen LogP contribution in [0.5, 0.6) is 0 Å². The van der Waals surface area contributed by atoms with Gasteiger partial charge in [0.2, 0.25) is 5.91 Å². The molecular formula is C12H12BrFN2O3. The van der Waals surface area contributed by atoms with Crippen molar-refractivity contribution in [1.29, 1.82) is 0 Å². The maximum absolute atomic E-state index is 13.9. The summed E-state index contributed by atoms with van der Waals surface area (Å²) >= 11 is 3.18. The van der Waals surface area contributed by atoms with Gasteiger partial charge in [-0.05, 0) is 25.0 Å². The topological polar surface area (TPSA) is 69.6 Å². The van der Waals surface area contributed by atoms with Crippen LogP contribution in [-0.4, -0.2) is 30.2 Å². The number of benzene rings is 1. The van der Waals surface area contributed by atoms with Crippen LogP contribution in [0.3, 0.4) is 0 Å². The van der Waals surface area contributed by atoms with Gasteiger partial charge in [-0.3, -0.25) is 4.79 Å². The van der Waals surface area contributed by atoms with Gasteiger partial charge in [-0.2, -0.15) is 0 Å². The van der Waals surface area contributed by atoms with E-state index in [0.29, 0.717) is 22.1 Å². The van der Waals surface area contributed by atoms with E-state index in [1.54, 1.807) is 6.07 Å². The number of nitrogens with one attached hydrogen (secondary N) is 1. The Morgan fingerprint density at radius 2 is 2.26 bits per heavy atom. The molecule has 0 saturated heterocycles. The zero-order valence-electron chi connectivity index (χ0n) is 10.1. The third-order valence-electron chi connectivity index (χ3n) is 3.11. The smallest absolute Gasteiger partial charge is 0.405 e. The van der Waals surface area contributed by atoms with E-state index in [-0.39, 0.29) is 6.42 Å². The molecule has 102 valence electrons. The first kappa shape index (κ1) is 13.8. The quantitative estimate of drug-likeness (QED) is 0.828. The lowest BCUT2D eigenvalue weighted by molar-refractivity contribution is -0.120. The minimum Gasteiger partial charge on any atom is -0.465 e. The van der Waals surface area contributed by atoms with Crippen molar-refractivity contribution in [2.45, 2.75) is 18.9 Å². The molecule has 1 atom stereocenters. The van der Waals surface area contributed by atoms with E-state index in [4.69, 9.17) is 5.11 Å². The summed E-state index contributed by atoms with van der Waals surface area (Å²) in [6.07, 6.45) is -0.726. The molecule has 0 saturated carbocycles. The van der Waals surface area contributed by atoms with Gasteiger partial charge in [0.15, 0.2) is 0 Å². The molecule has 1 aromatic rings. The molecule has 19 heavy (non-hydrogen) atoms. The summed E-state index contributed by atoms with van der Waals surface area (Å²) in [4.78, 5) is 24.1. The number of carboxylic acid groups (broad SMARTS) is 1. The first-order chi connectivity index (χ1) is 8.90. The van der Waals surface area contributed by atoms with Gasteiger partial charge in [0.1, 0.15) is 11.9 Å². The Morgan fingerprint density at radius 3 is 2.89 bits per heavy atom. The zero-order chi connectivity index (χ0) is 14.2. The molecular weight excluding hydrogens is 319 g/mol. The van der Waals surface area contributed by atoms with Crippen molar-refractivity contribution in [3.63, 3.8) is 0 Å². The van der Waals surface area contributed by atoms with Gasteiger partial charge in [0.05, 0.1) is 5.69 Å². The largest absolute Gasteiger partial charge is 0.465 e. The van der Waals surface area contributed by atoms with E-state index in [1.165, 1.54) is 18.0 Å². The van der Waals surface area contributed by atoms with E-state index in [9.17, 15) is 14.0 Å². The first-order valence-electron chi connectivity index (χ1n) is 5.65. The zero-order valence-corrected chi connectivity index (χ0v) is 11.7. The molecule has 7 heteroatoms. The Bertz CT molecular complexity index is 550. The highest BCUT2D eigenvalue weighted by Gasteiger charge is 2.30.